The normalized spacial score (nSPS) is 12.0. The van der Waals surface area contributed by atoms with E-state index in [1.54, 1.807) is 36.5 Å². The smallest absolute Gasteiger partial charge is 0.274 e. The van der Waals surface area contributed by atoms with Gasteiger partial charge in [0.15, 0.2) is 11.5 Å². The number of carbonyl (C=O) groups excluding carboxylic acids is 1. The highest BCUT2D eigenvalue weighted by atomic mass is 16.7. The van der Waals surface area contributed by atoms with Gasteiger partial charge in [0.05, 0.1) is 6.10 Å². The SMILES string of the molecule is CC(C)Oc1ccc(Nc2ccnc(C(=O)Nc3ccc4c(c3)OCO4)c2)cc1. The lowest BCUT2D eigenvalue weighted by Crippen LogP contribution is -2.13. The van der Waals surface area contributed by atoms with E-state index < -0.39 is 0 Å². The molecule has 1 aliphatic rings. The van der Waals surface area contributed by atoms with Gasteiger partial charge in [-0.1, -0.05) is 0 Å². The third-order valence-electron chi connectivity index (χ3n) is 4.14. The number of carbonyl (C=O) groups is 1. The fourth-order valence-electron chi connectivity index (χ4n) is 2.86. The molecule has 29 heavy (non-hydrogen) atoms. The van der Waals surface area contributed by atoms with Crippen molar-refractivity contribution >= 4 is 23.0 Å². The number of pyridine rings is 1. The fourth-order valence-corrected chi connectivity index (χ4v) is 2.86. The molecule has 0 aliphatic carbocycles. The summed E-state index contributed by atoms with van der Waals surface area (Å²) >= 11 is 0. The number of benzene rings is 2. The van der Waals surface area contributed by atoms with E-state index in [1.807, 2.05) is 38.1 Å². The van der Waals surface area contributed by atoms with Crippen LogP contribution in [-0.2, 0) is 0 Å². The summed E-state index contributed by atoms with van der Waals surface area (Å²) in [7, 11) is 0. The highest BCUT2D eigenvalue weighted by molar-refractivity contribution is 6.03. The van der Waals surface area contributed by atoms with Gasteiger partial charge in [-0.25, -0.2) is 0 Å². The maximum Gasteiger partial charge on any atom is 0.274 e. The molecule has 2 heterocycles. The third kappa shape index (κ3) is 4.57. The molecule has 3 aromatic rings. The highest BCUT2D eigenvalue weighted by Gasteiger charge is 2.15. The van der Waals surface area contributed by atoms with Crippen molar-refractivity contribution in [2.45, 2.75) is 20.0 Å². The molecule has 1 aliphatic heterocycles. The molecule has 0 spiro atoms. The maximum atomic E-state index is 12.6. The van der Waals surface area contributed by atoms with Crippen LogP contribution in [0.5, 0.6) is 17.2 Å². The average molecular weight is 391 g/mol. The van der Waals surface area contributed by atoms with Gasteiger partial charge in [0.25, 0.3) is 5.91 Å². The monoisotopic (exact) mass is 391 g/mol. The van der Waals surface area contributed by atoms with Gasteiger partial charge in [-0.05, 0) is 62.4 Å². The molecule has 1 amide bonds. The van der Waals surface area contributed by atoms with E-state index in [-0.39, 0.29) is 18.8 Å². The second-order valence-electron chi connectivity index (χ2n) is 6.77. The van der Waals surface area contributed by atoms with E-state index in [9.17, 15) is 4.79 Å². The Balaban J connectivity index is 1.43. The van der Waals surface area contributed by atoms with Gasteiger partial charge in [0, 0.05) is 29.3 Å². The van der Waals surface area contributed by atoms with E-state index in [0.29, 0.717) is 22.9 Å². The van der Waals surface area contributed by atoms with Crippen molar-refractivity contribution in [2.75, 3.05) is 17.4 Å². The minimum atomic E-state index is -0.312. The van der Waals surface area contributed by atoms with Crippen LogP contribution in [0.4, 0.5) is 17.1 Å². The van der Waals surface area contributed by atoms with Crippen LogP contribution in [-0.4, -0.2) is 23.8 Å². The van der Waals surface area contributed by atoms with Gasteiger partial charge in [-0.3, -0.25) is 9.78 Å². The van der Waals surface area contributed by atoms with Gasteiger partial charge in [0.2, 0.25) is 6.79 Å². The van der Waals surface area contributed by atoms with Crippen LogP contribution in [0.25, 0.3) is 0 Å². The zero-order valence-corrected chi connectivity index (χ0v) is 16.1. The molecule has 148 valence electrons. The summed E-state index contributed by atoms with van der Waals surface area (Å²) in [5.41, 5.74) is 2.55. The molecule has 0 atom stereocenters. The zero-order chi connectivity index (χ0) is 20.2. The predicted octanol–water partition coefficient (Wildman–Crippen LogP) is 4.59. The molecular formula is C22H21N3O4. The number of hydrogen-bond donors (Lipinski definition) is 2. The number of ether oxygens (including phenoxy) is 3. The lowest BCUT2D eigenvalue weighted by molar-refractivity contribution is 0.102. The summed E-state index contributed by atoms with van der Waals surface area (Å²) in [5.74, 6) is 1.77. The van der Waals surface area contributed by atoms with Crippen molar-refractivity contribution in [1.82, 2.24) is 4.98 Å². The molecule has 0 saturated heterocycles. The Kier molecular flexibility index (Phi) is 5.20. The molecule has 0 unspecified atom stereocenters. The Morgan fingerprint density at radius 1 is 0.966 bits per heavy atom. The fraction of sp³-hybridized carbons (Fsp3) is 0.182. The second-order valence-corrected chi connectivity index (χ2v) is 6.77. The maximum absolute atomic E-state index is 12.6. The lowest BCUT2D eigenvalue weighted by Gasteiger charge is -2.11. The standard InChI is InChI=1S/C22H21N3O4/c1-14(2)29-18-6-3-15(4-7-18)24-17-9-10-23-19(11-17)22(26)25-16-5-8-20-21(12-16)28-13-27-20/h3-12,14H,13H2,1-2H3,(H,23,24)(H,25,26). The van der Waals surface area contributed by atoms with Crippen LogP contribution in [0.3, 0.4) is 0 Å². The number of hydrogen-bond acceptors (Lipinski definition) is 6. The van der Waals surface area contributed by atoms with Crippen LogP contribution >= 0.6 is 0 Å². The summed E-state index contributed by atoms with van der Waals surface area (Å²) in [5, 5.41) is 6.09. The number of aromatic nitrogens is 1. The number of amides is 1. The van der Waals surface area contributed by atoms with Crippen LogP contribution in [0.1, 0.15) is 24.3 Å². The number of nitrogens with one attached hydrogen (secondary N) is 2. The van der Waals surface area contributed by atoms with Crippen LogP contribution in [0, 0.1) is 0 Å². The highest BCUT2D eigenvalue weighted by Crippen LogP contribution is 2.34. The summed E-state index contributed by atoms with van der Waals surface area (Å²) in [6, 6.07) is 16.4. The minimum Gasteiger partial charge on any atom is -0.491 e. The molecule has 0 fully saturated rings. The first-order chi connectivity index (χ1) is 14.1. The van der Waals surface area contributed by atoms with Gasteiger partial charge < -0.3 is 24.8 Å². The van der Waals surface area contributed by atoms with E-state index >= 15 is 0 Å². The van der Waals surface area contributed by atoms with Crippen LogP contribution < -0.4 is 24.8 Å². The van der Waals surface area contributed by atoms with E-state index in [2.05, 4.69) is 15.6 Å². The minimum absolute atomic E-state index is 0.125. The van der Waals surface area contributed by atoms with Crippen molar-refractivity contribution < 1.29 is 19.0 Å². The van der Waals surface area contributed by atoms with Crippen molar-refractivity contribution in [2.24, 2.45) is 0 Å². The van der Waals surface area contributed by atoms with E-state index in [4.69, 9.17) is 14.2 Å². The molecule has 7 nitrogen and oxygen atoms in total. The summed E-state index contributed by atoms with van der Waals surface area (Å²) in [6.45, 7) is 4.16. The topological polar surface area (TPSA) is 81.7 Å². The Hall–Kier alpha value is -3.74. The molecule has 0 radical (unpaired) electrons. The first kappa shape index (κ1) is 18.6. The first-order valence-electron chi connectivity index (χ1n) is 9.27. The van der Waals surface area contributed by atoms with Crippen LogP contribution in [0.15, 0.2) is 60.8 Å². The van der Waals surface area contributed by atoms with Crippen molar-refractivity contribution in [3.63, 3.8) is 0 Å². The second kappa shape index (κ2) is 8.10. The molecule has 7 heteroatoms. The predicted molar refractivity (Wildman–Crippen MR) is 110 cm³/mol. The zero-order valence-electron chi connectivity index (χ0n) is 16.1. The van der Waals surface area contributed by atoms with Gasteiger partial charge in [-0.2, -0.15) is 0 Å². The Morgan fingerprint density at radius 3 is 2.52 bits per heavy atom. The number of anilines is 3. The Morgan fingerprint density at radius 2 is 1.72 bits per heavy atom. The molecule has 1 aromatic heterocycles. The lowest BCUT2D eigenvalue weighted by atomic mass is 10.2. The van der Waals surface area contributed by atoms with Crippen LogP contribution in [0.2, 0.25) is 0 Å². The van der Waals surface area contributed by atoms with Gasteiger partial charge >= 0.3 is 0 Å². The molecule has 2 N–H and O–H groups in total. The summed E-state index contributed by atoms with van der Waals surface area (Å²) < 4.78 is 16.3. The first-order valence-corrected chi connectivity index (χ1v) is 9.27. The van der Waals surface area contributed by atoms with Gasteiger partial charge in [0.1, 0.15) is 11.4 Å². The van der Waals surface area contributed by atoms with Crippen molar-refractivity contribution in [3.05, 3.63) is 66.5 Å². The van der Waals surface area contributed by atoms with E-state index in [0.717, 1.165) is 17.1 Å². The van der Waals surface area contributed by atoms with Gasteiger partial charge in [-0.15, -0.1) is 0 Å². The van der Waals surface area contributed by atoms with E-state index in [1.165, 1.54) is 0 Å². The number of rotatable bonds is 6. The number of fused-ring (bicyclic) bond motifs is 1. The van der Waals surface area contributed by atoms with Crippen molar-refractivity contribution in [3.8, 4) is 17.2 Å². The largest absolute Gasteiger partial charge is 0.491 e. The third-order valence-corrected chi connectivity index (χ3v) is 4.14. The molecule has 0 saturated carbocycles. The quantitative estimate of drug-likeness (QED) is 0.639. The van der Waals surface area contributed by atoms with Crippen molar-refractivity contribution in [1.29, 1.82) is 0 Å². The Bertz CT molecular complexity index is 1020. The average Bonchev–Trinajstić information content (AvgIpc) is 3.17. The summed E-state index contributed by atoms with van der Waals surface area (Å²) in [6.07, 6.45) is 1.72. The molecule has 0 bridgehead atoms. The molecule has 4 rings (SSSR count). The Labute approximate surface area is 168 Å². The molecular weight excluding hydrogens is 370 g/mol. The summed E-state index contributed by atoms with van der Waals surface area (Å²) in [4.78, 5) is 16.7. The number of nitrogens with zero attached hydrogens (tertiary/aromatic N) is 1. The molecule has 2 aromatic carbocycles.